The summed E-state index contributed by atoms with van der Waals surface area (Å²) >= 11 is 0. The van der Waals surface area contributed by atoms with Gasteiger partial charge in [-0.2, -0.15) is 0 Å². The minimum atomic E-state index is -0.0208. The topological polar surface area (TPSA) is 50.9 Å². The van der Waals surface area contributed by atoms with Gasteiger partial charge in [0.15, 0.2) is 0 Å². The van der Waals surface area contributed by atoms with E-state index in [4.69, 9.17) is 5.73 Å². The Labute approximate surface area is 114 Å². The van der Waals surface area contributed by atoms with Gasteiger partial charge in [0, 0.05) is 11.7 Å². The fourth-order valence-corrected chi connectivity index (χ4v) is 2.05. The summed E-state index contributed by atoms with van der Waals surface area (Å²) in [6, 6.07) is 14.4. The van der Waals surface area contributed by atoms with E-state index in [2.05, 4.69) is 48.4 Å². The molecule has 0 radical (unpaired) electrons. The van der Waals surface area contributed by atoms with Crippen molar-refractivity contribution in [1.82, 2.24) is 4.98 Å². The molecular formula is C16H21N3. The van der Waals surface area contributed by atoms with E-state index >= 15 is 0 Å². The van der Waals surface area contributed by atoms with Gasteiger partial charge in [-0.15, -0.1) is 0 Å². The Morgan fingerprint density at radius 2 is 1.84 bits per heavy atom. The molecule has 0 unspecified atom stereocenters. The minimum Gasteiger partial charge on any atom is -0.382 e. The number of aromatic nitrogens is 1. The number of benzene rings is 1. The summed E-state index contributed by atoms with van der Waals surface area (Å²) in [5, 5.41) is 3.47. The maximum Gasteiger partial charge on any atom is 0.146 e. The van der Waals surface area contributed by atoms with Gasteiger partial charge >= 0.3 is 0 Å². The molecule has 0 amide bonds. The number of anilines is 2. The van der Waals surface area contributed by atoms with E-state index in [-0.39, 0.29) is 5.54 Å². The van der Waals surface area contributed by atoms with Crippen molar-refractivity contribution >= 4 is 11.5 Å². The Kier molecular flexibility index (Phi) is 4.05. The zero-order valence-electron chi connectivity index (χ0n) is 11.6. The molecule has 2 aromatic rings. The third-order valence-electron chi connectivity index (χ3n) is 3.19. The molecular weight excluding hydrogens is 234 g/mol. The van der Waals surface area contributed by atoms with Crippen LogP contribution in [0.4, 0.5) is 11.5 Å². The van der Waals surface area contributed by atoms with Gasteiger partial charge in [0.2, 0.25) is 0 Å². The quantitative estimate of drug-likeness (QED) is 0.860. The Morgan fingerprint density at radius 1 is 1.11 bits per heavy atom. The summed E-state index contributed by atoms with van der Waals surface area (Å²) in [5.41, 5.74) is 8.10. The first kappa shape index (κ1) is 13.4. The molecule has 19 heavy (non-hydrogen) atoms. The molecule has 0 aliphatic carbocycles. The Balaban J connectivity index is 1.97. The van der Waals surface area contributed by atoms with Crippen LogP contribution in [0, 0.1) is 0 Å². The second-order valence-electron chi connectivity index (χ2n) is 5.43. The summed E-state index contributed by atoms with van der Waals surface area (Å²) in [7, 11) is 0. The lowest BCUT2D eigenvalue weighted by Crippen LogP contribution is -2.31. The van der Waals surface area contributed by atoms with Gasteiger partial charge < -0.3 is 11.1 Å². The van der Waals surface area contributed by atoms with Gasteiger partial charge in [-0.3, -0.25) is 0 Å². The van der Waals surface area contributed by atoms with Crippen molar-refractivity contribution in [2.24, 2.45) is 0 Å². The molecule has 0 atom stereocenters. The molecule has 0 aliphatic heterocycles. The highest BCUT2D eigenvalue weighted by Gasteiger charge is 2.18. The first-order valence-corrected chi connectivity index (χ1v) is 6.59. The summed E-state index contributed by atoms with van der Waals surface area (Å²) in [6.45, 7) is 4.37. The number of nitrogens with two attached hydrogens (primary N) is 1. The van der Waals surface area contributed by atoms with Crippen LogP contribution in [0.15, 0.2) is 48.7 Å². The average molecular weight is 255 g/mol. The zero-order chi connectivity index (χ0) is 13.7. The van der Waals surface area contributed by atoms with Crippen LogP contribution in [0.3, 0.4) is 0 Å². The van der Waals surface area contributed by atoms with E-state index in [1.54, 1.807) is 6.20 Å². The van der Waals surface area contributed by atoms with Crippen LogP contribution in [0.2, 0.25) is 0 Å². The van der Waals surface area contributed by atoms with Gasteiger partial charge in [0.05, 0.1) is 5.69 Å². The second-order valence-corrected chi connectivity index (χ2v) is 5.43. The Hall–Kier alpha value is -2.03. The molecule has 0 bridgehead atoms. The highest BCUT2D eigenvalue weighted by molar-refractivity contribution is 5.62. The molecule has 0 saturated heterocycles. The van der Waals surface area contributed by atoms with Crippen LogP contribution in [-0.2, 0) is 6.42 Å². The fourth-order valence-electron chi connectivity index (χ4n) is 2.05. The number of nitrogens with zero attached hydrogens (tertiary/aromatic N) is 1. The standard InChI is InChI=1S/C16H21N3/c1-16(2,11-10-13-7-4-3-5-8-13)19-14-9-6-12-18-15(14)17/h3-9,12,19H,10-11H2,1-2H3,(H2,17,18). The maximum absolute atomic E-state index is 5.86. The number of rotatable bonds is 5. The van der Waals surface area contributed by atoms with Crippen molar-refractivity contribution in [1.29, 1.82) is 0 Å². The van der Waals surface area contributed by atoms with Crippen LogP contribution in [-0.4, -0.2) is 10.5 Å². The molecule has 100 valence electrons. The van der Waals surface area contributed by atoms with Gasteiger partial charge in [-0.25, -0.2) is 4.98 Å². The largest absolute Gasteiger partial charge is 0.382 e. The number of aryl methyl sites for hydroxylation is 1. The van der Waals surface area contributed by atoms with Crippen LogP contribution in [0.5, 0.6) is 0 Å². The summed E-state index contributed by atoms with van der Waals surface area (Å²) in [6.07, 6.45) is 3.78. The Morgan fingerprint density at radius 3 is 2.53 bits per heavy atom. The molecule has 0 spiro atoms. The van der Waals surface area contributed by atoms with Crippen LogP contribution >= 0.6 is 0 Å². The number of hydrogen-bond acceptors (Lipinski definition) is 3. The van der Waals surface area contributed by atoms with E-state index in [0.717, 1.165) is 18.5 Å². The van der Waals surface area contributed by atoms with Crippen LogP contribution in [0.1, 0.15) is 25.8 Å². The van der Waals surface area contributed by atoms with Gasteiger partial charge in [-0.05, 0) is 44.4 Å². The number of nitrogens with one attached hydrogen (secondary N) is 1. The highest BCUT2D eigenvalue weighted by atomic mass is 15.0. The van der Waals surface area contributed by atoms with E-state index < -0.39 is 0 Å². The molecule has 0 fully saturated rings. The Bertz CT molecular complexity index is 521. The van der Waals surface area contributed by atoms with Gasteiger partial charge in [0.25, 0.3) is 0 Å². The fraction of sp³-hybridized carbons (Fsp3) is 0.312. The SMILES string of the molecule is CC(C)(CCc1ccccc1)Nc1cccnc1N. The van der Waals surface area contributed by atoms with Crippen molar-refractivity contribution in [2.45, 2.75) is 32.2 Å². The molecule has 1 aromatic carbocycles. The summed E-state index contributed by atoms with van der Waals surface area (Å²) in [4.78, 5) is 4.10. The molecule has 3 nitrogen and oxygen atoms in total. The smallest absolute Gasteiger partial charge is 0.146 e. The van der Waals surface area contributed by atoms with E-state index in [1.165, 1.54) is 5.56 Å². The molecule has 3 heteroatoms. The number of hydrogen-bond donors (Lipinski definition) is 2. The van der Waals surface area contributed by atoms with E-state index in [1.807, 2.05) is 18.2 Å². The van der Waals surface area contributed by atoms with Crippen molar-refractivity contribution < 1.29 is 0 Å². The second kappa shape index (κ2) is 5.74. The highest BCUT2D eigenvalue weighted by Crippen LogP contribution is 2.23. The summed E-state index contributed by atoms with van der Waals surface area (Å²) in [5.74, 6) is 0.551. The normalized spacial score (nSPS) is 11.3. The van der Waals surface area contributed by atoms with E-state index in [0.29, 0.717) is 5.82 Å². The number of nitrogen functional groups attached to an aromatic ring is 1. The lowest BCUT2D eigenvalue weighted by Gasteiger charge is -2.28. The first-order valence-electron chi connectivity index (χ1n) is 6.59. The lowest BCUT2D eigenvalue weighted by atomic mass is 9.95. The average Bonchev–Trinajstić information content (AvgIpc) is 2.40. The third-order valence-corrected chi connectivity index (χ3v) is 3.19. The van der Waals surface area contributed by atoms with Crippen molar-refractivity contribution in [3.05, 3.63) is 54.2 Å². The van der Waals surface area contributed by atoms with Crippen LogP contribution < -0.4 is 11.1 Å². The van der Waals surface area contributed by atoms with Crippen molar-refractivity contribution in [3.8, 4) is 0 Å². The monoisotopic (exact) mass is 255 g/mol. The molecule has 0 saturated carbocycles. The lowest BCUT2D eigenvalue weighted by molar-refractivity contribution is 0.518. The zero-order valence-corrected chi connectivity index (χ0v) is 11.6. The molecule has 2 rings (SSSR count). The molecule has 1 heterocycles. The predicted octanol–water partition coefficient (Wildman–Crippen LogP) is 3.49. The minimum absolute atomic E-state index is 0.0208. The van der Waals surface area contributed by atoms with Crippen LogP contribution in [0.25, 0.3) is 0 Å². The molecule has 0 aliphatic rings. The van der Waals surface area contributed by atoms with Crippen molar-refractivity contribution in [2.75, 3.05) is 11.1 Å². The van der Waals surface area contributed by atoms with Gasteiger partial charge in [0.1, 0.15) is 5.82 Å². The van der Waals surface area contributed by atoms with Gasteiger partial charge in [-0.1, -0.05) is 30.3 Å². The molecule has 3 N–H and O–H groups in total. The third kappa shape index (κ3) is 3.98. The molecule has 1 aromatic heterocycles. The number of pyridine rings is 1. The first-order chi connectivity index (χ1) is 9.07. The maximum atomic E-state index is 5.86. The van der Waals surface area contributed by atoms with Crippen molar-refractivity contribution in [3.63, 3.8) is 0 Å². The predicted molar refractivity (Wildman–Crippen MR) is 81.1 cm³/mol. The summed E-state index contributed by atoms with van der Waals surface area (Å²) < 4.78 is 0. The van der Waals surface area contributed by atoms with E-state index in [9.17, 15) is 0 Å².